The topological polar surface area (TPSA) is 85.3 Å². The number of halogens is 1. The molecule has 0 aliphatic rings. The van der Waals surface area contributed by atoms with Crippen LogP contribution in [0.15, 0.2) is 20.0 Å². The van der Waals surface area contributed by atoms with Gasteiger partial charge in [0.15, 0.2) is 4.67 Å². The first-order chi connectivity index (χ1) is 9.51. The van der Waals surface area contributed by atoms with E-state index in [0.29, 0.717) is 12.3 Å². The molecule has 1 aromatic rings. The summed E-state index contributed by atoms with van der Waals surface area (Å²) in [6, 6.07) is 1.45. The molecule has 0 aliphatic heterocycles. The van der Waals surface area contributed by atoms with E-state index in [1.165, 1.54) is 12.5 Å². The second-order valence-corrected chi connectivity index (χ2v) is 7.80. The first kappa shape index (κ1) is 18.0. The molecule has 0 aromatic carbocycles. The van der Waals surface area contributed by atoms with E-state index in [2.05, 4.69) is 26.9 Å². The molecule has 0 spiro atoms. The molecule has 3 N–H and O–H groups in total. The van der Waals surface area contributed by atoms with Crippen molar-refractivity contribution in [3.05, 3.63) is 16.5 Å². The van der Waals surface area contributed by atoms with E-state index >= 15 is 0 Å². The molecule has 20 heavy (non-hydrogen) atoms. The van der Waals surface area contributed by atoms with E-state index in [1.807, 2.05) is 11.8 Å². The third kappa shape index (κ3) is 5.77. The number of hydrogen-bond acceptors (Lipinski definition) is 5. The summed E-state index contributed by atoms with van der Waals surface area (Å²) in [6.45, 7) is 0.612. The molecule has 0 saturated heterocycles. The fourth-order valence-electron chi connectivity index (χ4n) is 1.69. The lowest BCUT2D eigenvalue weighted by molar-refractivity contribution is 0.483. The van der Waals surface area contributed by atoms with Gasteiger partial charge in [0.05, 0.1) is 6.54 Å². The van der Waals surface area contributed by atoms with E-state index in [-0.39, 0.29) is 16.1 Å². The summed E-state index contributed by atoms with van der Waals surface area (Å²) in [5.74, 6) is 1.60. The molecular weight excluding hydrogens is 364 g/mol. The van der Waals surface area contributed by atoms with Gasteiger partial charge in [0.1, 0.15) is 10.7 Å². The van der Waals surface area contributed by atoms with Gasteiger partial charge >= 0.3 is 0 Å². The van der Waals surface area contributed by atoms with Gasteiger partial charge < -0.3 is 10.2 Å². The fraction of sp³-hybridized carbons (Fsp3) is 0.667. The number of nitrogens with one attached hydrogen (secondary N) is 1. The van der Waals surface area contributed by atoms with Crippen molar-refractivity contribution in [3.63, 3.8) is 0 Å². The fourth-order valence-corrected chi connectivity index (χ4v) is 4.25. The van der Waals surface area contributed by atoms with Gasteiger partial charge in [-0.1, -0.05) is 12.8 Å². The van der Waals surface area contributed by atoms with Crippen LogP contribution in [0, 0.1) is 0 Å². The number of thioether (sulfide) groups is 1. The number of unbranched alkanes of at least 4 members (excludes halogenated alkanes) is 3. The zero-order chi connectivity index (χ0) is 15.0. The predicted octanol–water partition coefficient (Wildman–Crippen LogP) is 2.70. The molecule has 0 atom stereocenters. The predicted molar refractivity (Wildman–Crippen MR) is 86.3 cm³/mol. The first-order valence-electron chi connectivity index (χ1n) is 6.48. The smallest absolute Gasteiger partial charge is 0.244 e. The average molecular weight is 385 g/mol. The lowest BCUT2D eigenvalue weighted by Gasteiger charge is -2.05. The normalized spacial score (nSPS) is 11.9. The minimum absolute atomic E-state index is 0.111. The van der Waals surface area contributed by atoms with Crippen LogP contribution in [0.4, 0.5) is 0 Å². The van der Waals surface area contributed by atoms with Gasteiger partial charge in [0.25, 0.3) is 0 Å². The Balaban J connectivity index is 2.40. The van der Waals surface area contributed by atoms with Crippen LogP contribution in [0.2, 0.25) is 0 Å². The van der Waals surface area contributed by atoms with Gasteiger partial charge in [-0.25, -0.2) is 13.1 Å². The number of furan rings is 1. The van der Waals surface area contributed by atoms with Gasteiger partial charge in [-0.15, -0.1) is 0 Å². The van der Waals surface area contributed by atoms with Crippen LogP contribution in [0.25, 0.3) is 0 Å². The second kappa shape index (κ2) is 9.09. The van der Waals surface area contributed by atoms with Crippen LogP contribution < -0.4 is 10.5 Å². The molecule has 116 valence electrons. The molecule has 0 aliphatic carbocycles. The molecule has 0 amide bonds. The van der Waals surface area contributed by atoms with Crippen molar-refractivity contribution in [2.24, 2.45) is 5.73 Å². The Morgan fingerprint density at radius 1 is 1.35 bits per heavy atom. The standard InChI is InChI=1S/C12H21BrN2O3S2/c1-19-7-5-3-2-4-6-15-20(16,17)11-8-10(9-14)18-12(11)13/h8,15H,2-7,9,14H2,1H3. The van der Waals surface area contributed by atoms with Crippen LogP contribution in [0.3, 0.4) is 0 Å². The lowest BCUT2D eigenvalue weighted by atomic mass is 10.2. The van der Waals surface area contributed by atoms with Gasteiger partial charge in [-0.05, 0) is 40.8 Å². The van der Waals surface area contributed by atoms with Gasteiger partial charge in [-0.3, -0.25) is 0 Å². The number of rotatable bonds is 10. The number of sulfonamides is 1. The average Bonchev–Trinajstić information content (AvgIpc) is 2.80. The summed E-state index contributed by atoms with van der Waals surface area (Å²) >= 11 is 4.94. The Bertz CT molecular complexity index is 503. The summed E-state index contributed by atoms with van der Waals surface area (Å²) in [6.07, 6.45) is 6.28. The van der Waals surface area contributed by atoms with Crippen molar-refractivity contribution in [1.29, 1.82) is 0 Å². The molecule has 1 aromatic heterocycles. The molecule has 0 saturated carbocycles. The summed E-state index contributed by atoms with van der Waals surface area (Å²) in [5, 5.41) is 0. The molecule has 5 nitrogen and oxygen atoms in total. The third-order valence-corrected chi connectivity index (χ3v) is 5.78. The van der Waals surface area contributed by atoms with E-state index in [0.717, 1.165) is 25.0 Å². The Morgan fingerprint density at radius 3 is 2.65 bits per heavy atom. The zero-order valence-corrected chi connectivity index (χ0v) is 14.7. The zero-order valence-electron chi connectivity index (χ0n) is 11.5. The number of nitrogens with two attached hydrogens (primary N) is 1. The van der Waals surface area contributed by atoms with Crippen LogP contribution >= 0.6 is 27.7 Å². The molecule has 0 fully saturated rings. The Hall–Kier alpha value is -0.0200. The first-order valence-corrected chi connectivity index (χ1v) is 10.1. The highest BCUT2D eigenvalue weighted by atomic mass is 79.9. The van der Waals surface area contributed by atoms with Crippen molar-refractivity contribution in [2.75, 3.05) is 18.6 Å². The van der Waals surface area contributed by atoms with E-state index < -0.39 is 10.0 Å². The van der Waals surface area contributed by atoms with Crippen molar-refractivity contribution in [3.8, 4) is 0 Å². The van der Waals surface area contributed by atoms with E-state index in [1.54, 1.807) is 0 Å². The highest BCUT2D eigenvalue weighted by molar-refractivity contribution is 9.10. The minimum atomic E-state index is -3.53. The summed E-state index contributed by atoms with van der Waals surface area (Å²) < 4.78 is 32.1. The van der Waals surface area contributed by atoms with Crippen LogP contribution in [0.5, 0.6) is 0 Å². The minimum Gasteiger partial charge on any atom is -0.452 e. The summed E-state index contributed by atoms with van der Waals surface area (Å²) in [7, 11) is -3.53. The Kier molecular flexibility index (Phi) is 8.20. The molecule has 1 heterocycles. The highest BCUT2D eigenvalue weighted by Gasteiger charge is 2.21. The van der Waals surface area contributed by atoms with Crippen LogP contribution in [-0.2, 0) is 16.6 Å². The van der Waals surface area contributed by atoms with Crippen LogP contribution in [-0.4, -0.2) is 27.0 Å². The molecule has 0 radical (unpaired) electrons. The van der Waals surface area contributed by atoms with Crippen molar-refractivity contribution in [1.82, 2.24) is 4.72 Å². The Labute approximate surface area is 133 Å². The molecular formula is C12H21BrN2O3S2. The van der Waals surface area contributed by atoms with Gasteiger partial charge in [0.2, 0.25) is 10.0 Å². The van der Waals surface area contributed by atoms with Crippen molar-refractivity contribution < 1.29 is 12.8 Å². The molecule has 0 unspecified atom stereocenters. The summed E-state index contributed by atoms with van der Waals surface area (Å²) in [5.41, 5.74) is 5.42. The van der Waals surface area contributed by atoms with Crippen molar-refractivity contribution in [2.45, 2.75) is 37.1 Å². The third-order valence-electron chi connectivity index (χ3n) is 2.76. The quantitative estimate of drug-likeness (QED) is 0.605. The maximum atomic E-state index is 12.1. The Morgan fingerprint density at radius 2 is 2.05 bits per heavy atom. The molecule has 0 bridgehead atoms. The molecule has 8 heteroatoms. The maximum absolute atomic E-state index is 12.1. The van der Waals surface area contributed by atoms with E-state index in [9.17, 15) is 8.42 Å². The second-order valence-electron chi connectivity index (χ2n) is 4.36. The summed E-state index contributed by atoms with van der Waals surface area (Å²) in [4.78, 5) is 0.111. The van der Waals surface area contributed by atoms with Gasteiger partial charge in [0, 0.05) is 12.6 Å². The SMILES string of the molecule is CSCCCCCCNS(=O)(=O)c1cc(CN)oc1Br. The number of hydrogen-bond donors (Lipinski definition) is 2. The van der Waals surface area contributed by atoms with Crippen LogP contribution in [0.1, 0.15) is 31.4 Å². The monoisotopic (exact) mass is 384 g/mol. The maximum Gasteiger partial charge on any atom is 0.244 e. The largest absolute Gasteiger partial charge is 0.452 e. The van der Waals surface area contributed by atoms with E-state index in [4.69, 9.17) is 10.2 Å². The van der Waals surface area contributed by atoms with Crippen molar-refractivity contribution >= 4 is 37.7 Å². The van der Waals surface area contributed by atoms with Gasteiger partial charge in [-0.2, -0.15) is 11.8 Å². The lowest BCUT2D eigenvalue weighted by Crippen LogP contribution is -2.24. The highest BCUT2D eigenvalue weighted by Crippen LogP contribution is 2.25. The molecule has 1 rings (SSSR count).